The Balaban J connectivity index is 2.35. The van der Waals surface area contributed by atoms with E-state index in [2.05, 4.69) is 29.2 Å². The highest BCUT2D eigenvalue weighted by atomic mass is 15.3. The highest BCUT2D eigenvalue weighted by molar-refractivity contribution is 5.11. The first-order valence-corrected chi connectivity index (χ1v) is 5.41. The Labute approximate surface area is 84.7 Å². The van der Waals surface area contributed by atoms with Crippen molar-refractivity contribution < 1.29 is 0 Å². The summed E-state index contributed by atoms with van der Waals surface area (Å²) in [7, 11) is 0. The van der Waals surface area contributed by atoms with E-state index in [4.69, 9.17) is 0 Å². The lowest BCUT2D eigenvalue weighted by Crippen LogP contribution is -2.32. The maximum absolute atomic E-state index is 4.42. The van der Waals surface area contributed by atoms with E-state index in [1.165, 1.54) is 6.42 Å². The molecular formula is C10H18N4. The molecule has 2 rings (SSSR count). The molecule has 1 fully saturated rings. The third kappa shape index (κ3) is 1.34. The standard InChI is InChI=1S/C10H18N4/c1-3-10(5-6-11-7-10)9-12-8-13-14(9)4-2/h8,11H,3-7H2,1-2H3. The second kappa shape index (κ2) is 3.69. The zero-order chi connectivity index (χ0) is 10.0. The van der Waals surface area contributed by atoms with E-state index in [-0.39, 0.29) is 5.41 Å². The first-order valence-electron chi connectivity index (χ1n) is 5.41. The van der Waals surface area contributed by atoms with Crippen LogP contribution in [0.4, 0.5) is 0 Å². The van der Waals surface area contributed by atoms with Gasteiger partial charge in [-0.1, -0.05) is 6.92 Å². The number of hydrogen-bond donors (Lipinski definition) is 1. The Morgan fingerprint density at radius 3 is 3.00 bits per heavy atom. The lowest BCUT2D eigenvalue weighted by Gasteiger charge is -2.25. The van der Waals surface area contributed by atoms with Gasteiger partial charge in [-0.2, -0.15) is 5.10 Å². The number of aromatic nitrogens is 3. The molecule has 1 aromatic rings. The molecule has 1 N–H and O–H groups in total. The summed E-state index contributed by atoms with van der Waals surface area (Å²) in [6.45, 7) is 7.41. The van der Waals surface area contributed by atoms with Crippen LogP contribution in [0.1, 0.15) is 32.5 Å². The van der Waals surface area contributed by atoms with E-state index in [0.29, 0.717) is 0 Å². The molecule has 1 aromatic heterocycles. The van der Waals surface area contributed by atoms with E-state index in [9.17, 15) is 0 Å². The monoisotopic (exact) mass is 194 g/mol. The van der Waals surface area contributed by atoms with Gasteiger partial charge < -0.3 is 5.32 Å². The van der Waals surface area contributed by atoms with Crippen molar-refractivity contribution in [3.05, 3.63) is 12.2 Å². The van der Waals surface area contributed by atoms with Gasteiger partial charge in [0.1, 0.15) is 12.2 Å². The molecule has 0 amide bonds. The SMILES string of the molecule is CCn1ncnc1C1(CC)CCNC1. The van der Waals surface area contributed by atoms with Crippen LogP contribution < -0.4 is 5.32 Å². The minimum absolute atomic E-state index is 0.229. The fourth-order valence-electron chi connectivity index (χ4n) is 2.30. The zero-order valence-electron chi connectivity index (χ0n) is 8.95. The summed E-state index contributed by atoms with van der Waals surface area (Å²) < 4.78 is 2.02. The Morgan fingerprint density at radius 1 is 1.57 bits per heavy atom. The van der Waals surface area contributed by atoms with Crippen LogP contribution in [0.3, 0.4) is 0 Å². The van der Waals surface area contributed by atoms with E-state index < -0.39 is 0 Å². The van der Waals surface area contributed by atoms with Crippen molar-refractivity contribution in [1.82, 2.24) is 20.1 Å². The summed E-state index contributed by atoms with van der Waals surface area (Å²) in [5, 5.41) is 7.67. The maximum Gasteiger partial charge on any atom is 0.138 e. The van der Waals surface area contributed by atoms with Crippen LogP contribution in [-0.2, 0) is 12.0 Å². The largest absolute Gasteiger partial charge is 0.316 e. The van der Waals surface area contributed by atoms with Crippen LogP contribution >= 0.6 is 0 Å². The smallest absolute Gasteiger partial charge is 0.138 e. The molecule has 0 spiro atoms. The highest BCUT2D eigenvalue weighted by Crippen LogP contribution is 2.32. The molecule has 1 unspecified atom stereocenters. The molecule has 14 heavy (non-hydrogen) atoms. The van der Waals surface area contributed by atoms with E-state index in [1.807, 2.05) is 4.68 Å². The summed E-state index contributed by atoms with van der Waals surface area (Å²) >= 11 is 0. The summed E-state index contributed by atoms with van der Waals surface area (Å²) in [5.41, 5.74) is 0.229. The van der Waals surface area contributed by atoms with Gasteiger partial charge >= 0.3 is 0 Å². The van der Waals surface area contributed by atoms with Crippen LogP contribution in [0.15, 0.2) is 6.33 Å². The lowest BCUT2D eigenvalue weighted by molar-refractivity contribution is 0.395. The van der Waals surface area contributed by atoms with Gasteiger partial charge in [-0.05, 0) is 26.3 Å². The molecule has 0 aromatic carbocycles. The Morgan fingerprint density at radius 2 is 2.43 bits per heavy atom. The molecule has 0 radical (unpaired) electrons. The Hall–Kier alpha value is -0.900. The molecule has 1 saturated heterocycles. The average Bonchev–Trinajstić information content (AvgIpc) is 2.86. The van der Waals surface area contributed by atoms with Gasteiger partial charge in [0.25, 0.3) is 0 Å². The third-order valence-corrected chi connectivity index (χ3v) is 3.31. The van der Waals surface area contributed by atoms with Crippen molar-refractivity contribution in [1.29, 1.82) is 0 Å². The number of rotatable bonds is 3. The summed E-state index contributed by atoms with van der Waals surface area (Å²) in [4.78, 5) is 4.42. The van der Waals surface area contributed by atoms with Crippen molar-refractivity contribution >= 4 is 0 Å². The van der Waals surface area contributed by atoms with E-state index >= 15 is 0 Å². The predicted molar refractivity (Wildman–Crippen MR) is 55.2 cm³/mol. The first kappa shape index (κ1) is 9.65. The van der Waals surface area contributed by atoms with Gasteiger partial charge in [-0.3, -0.25) is 0 Å². The topological polar surface area (TPSA) is 42.7 Å². The molecule has 78 valence electrons. The van der Waals surface area contributed by atoms with Crippen LogP contribution in [0.5, 0.6) is 0 Å². The van der Waals surface area contributed by atoms with Gasteiger partial charge in [-0.15, -0.1) is 0 Å². The minimum atomic E-state index is 0.229. The van der Waals surface area contributed by atoms with Crippen molar-refractivity contribution in [2.45, 2.75) is 38.6 Å². The molecule has 1 aliphatic rings. The van der Waals surface area contributed by atoms with E-state index in [0.717, 1.165) is 31.9 Å². The zero-order valence-corrected chi connectivity index (χ0v) is 8.95. The number of nitrogens with zero attached hydrogens (tertiary/aromatic N) is 3. The van der Waals surface area contributed by atoms with Crippen molar-refractivity contribution in [3.63, 3.8) is 0 Å². The van der Waals surface area contributed by atoms with Gasteiger partial charge in [0.15, 0.2) is 0 Å². The molecular weight excluding hydrogens is 176 g/mol. The Kier molecular flexibility index (Phi) is 2.54. The molecule has 4 heteroatoms. The fourth-order valence-corrected chi connectivity index (χ4v) is 2.30. The number of nitrogens with one attached hydrogen (secondary N) is 1. The predicted octanol–water partition coefficient (Wildman–Crippen LogP) is 0.939. The molecule has 0 bridgehead atoms. The van der Waals surface area contributed by atoms with Crippen LogP contribution in [-0.4, -0.2) is 27.9 Å². The van der Waals surface area contributed by atoms with E-state index in [1.54, 1.807) is 6.33 Å². The quantitative estimate of drug-likeness (QED) is 0.778. The molecule has 4 nitrogen and oxygen atoms in total. The van der Waals surface area contributed by atoms with Crippen molar-refractivity contribution in [2.24, 2.45) is 0 Å². The lowest BCUT2D eigenvalue weighted by atomic mass is 9.83. The Bertz CT molecular complexity index is 299. The number of aryl methyl sites for hydroxylation is 1. The van der Waals surface area contributed by atoms with Crippen LogP contribution in [0.2, 0.25) is 0 Å². The highest BCUT2D eigenvalue weighted by Gasteiger charge is 2.37. The van der Waals surface area contributed by atoms with Gasteiger partial charge in [0.05, 0.1) is 0 Å². The summed E-state index contributed by atoms with van der Waals surface area (Å²) in [6, 6.07) is 0. The molecule has 0 saturated carbocycles. The second-order valence-electron chi connectivity index (χ2n) is 3.96. The van der Waals surface area contributed by atoms with Crippen molar-refractivity contribution in [3.8, 4) is 0 Å². The molecule has 1 aliphatic heterocycles. The molecule has 1 atom stereocenters. The van der Waals surface area contributed by atoms with Gasteiger partial charge in [-0.25, -0.2) is 9.67 Å². The minimum Gasteiger partial charge on any atom is -0.316 e. The maximum atomic E-state index is 4.42. The first-order chi connectivity index (χ1) is 6.82. The van der Waals surface area contributed by atoms with Crippen molar-refractivity contribution in [2.75, 3.05) is 13.1 Å². The molecule has 2 heterocycles. The van der Waals surface area contributed by atoms with Gasteiger partial charge in [0.2, 0.25) is 0 Å². The third-order valence-electron chi connectivity index (χ3n) is 3.31. The van der Waals surface area contributed by atoms with Crippen LogP contribution in [0.25, 0.3) is 0 Å². The average molecular weight is 194 g/mol. The van der Waals surface area contributed by atoms with Gasteiger partial charge in [0, 0.05) is 18.5 Å². The number of hydrogen-bond acceptors (Lipinski definition) is 3. The summed E-state index contributed by atoms with van der Waals surface area (Å²) in [5.74, 6) is 1.16. The second-order valence-corrected chi connectivity index (χ2v) is 3.96. The normalized spacial score (nSPS) is 27.0. The van der Waals surface area contributed by atoms with Crippen LogP contribution in [0, 0.1) is 0 Å². The molecule has 0 aliphatic carbocycles. The summed E-state index contributed by atoms with van der Waals surface area (Å²) in [6.07, 6.45) is 4.00. The fraction of sp³-hybridized carbons (Fsp3) is 0.800.